The highest BCUT2D eigenvalue weighted by atomic mass is 16.5. The predicted molar refractivity (Wildman–Crippen MR) is 68.0 cm³/mol. The molecule has 0 aliphatic heterocycles. The lowest BCUT2D eigenvalue weighted by Crippen LogP contribution is -2.45. The van der Waals surface area contributed by atoms with Gasteiger partial charge in [-0.2, -0.15) is 0 Å². The van der Waals surface area contributed by atoms with Crippen molar-refractivity contribution in [3.05, 3.63) is 24.3 Å². The van der Waals surface area contributed by atoms with E-state index in [4.69, 9.17) is 16.2 Å². The van der Waals surface area contributed by atoms with Crippen molar-refractivity contribution in [2.75, 3.05) is 11.9 Å². The van der Waals surface area contributed by atoms with E-state index < -0.39 is 11.4 Å². The van der Waals surface area contributed by atoms with Crippen molar-refractivity contribution in [2.45, 2.75) is 19.4 Å². The van der Waals surface area contributed by atoms with E-state index in [1.165, 1.54) is 0 Å². The number of carbonyl (C=O) groups excluding carboxylic acids is 2. The largest absolute Gasteiger partial charge is 0.484 e. The Morgan fingerprint density at radius 2 is 1.83 bits per heavy atom. The van der Waals surface area contributed by atoms with Crippen LogP contribution >= 0.6 is 0 Å². The summed E-state index contributed by atoms with van der Waals surface area (Å²) in [6.45, 7) is 3.06. The number of hydrogen-bond acceptors (Lipinski definition) is 4. The van der Waals surface area contributed by atoms with E-state index in [1.807, 2.05) is 0 Å². The van der Waals surface area contributed by atoms with Crippen LogP contribution < -0.4 is 21.5 Å². The Kier molecular flexibility index (Phi) is 4.28. The van der Waals surface area contributed by atoms with Gasteiger partial charge in [-0.3, -0.25) is 9.59 Å². The standard InChI is InChI=1S/C12H17N3O3/c1-12(2,14)11(17)15-8-3-5-9(6-4-8)18-7-10(13)16/h3-6H,7,14H2,1-2H3,(H2,13,16)(H,15,17). The number of anilines is 1. The minimum absolute atomic E-state index is 0.179. The number of benzene rings is 1. The summed E-state index contributed by atoms with van der Waals surface area (Å²) in [5.41, 5.74) is 10.3. The van der Waals surface area contributed by atoms with Crippen molar-refractivity contribution in [2.24, 2.45) is 11.5 Å². The smallest absolute Gasteiger partial charge is 0.255 e. The fourth-order valence-electron chi connectivity index (χ4n) is 1.08. The number of hydrogen-bond donors (Lipinski definition) is 3. The maximum Gasteiger partial charge on any atom is 0.255 e. The maximum absolute atomic E-state index is 11.6. The van der Waals surface area contributed by atoms with Gasteiger partial charge >= 0.3 is 0 Å². The van der Waals surface area contributed by atoms with Crippen LogP contribution in [-0.2, 0) is 9.59 Å². The lowest BCUT2D eigenvalue weighted by molar-refractivity contribution is -0.120. The van der Waals surface area contributed by atoms with Crippen LogP contribution in [0.1, 0.15) is 13.8 Å². The summed E-state index contributed by atoms with van der Waals surface area (Å²) in [5, 5.41) is 2.66. The molecule has 5 N–H and O–H groups in total. The number of primary amides is 1. The lowest BCUT2D eigenvalue weighted by Gasteiger charge is -2.17. The van der Waals surface area contributed by atoms with E-state index in [0.717, 1.165) is 0 Å². The summed E-state index contributed by atoms with van der Waals surface area (Å²) >= 11 is 0. The predicted octanol–water partition coefficient (Wildman–Crippen LogP) is 0.227. The molecule has 0 heterocycles. The molecule has 0 aromatic heterocycles. The van der Waals surface area contributed by atoms with E-state index in [0.29, 0.717) is 11.4 Å². The minimum Gasteiger partial charge on any atom is -0.484 e. The second-order valence-corrected chi connectivity index (χ2v) is 4.46. The molecule has 0 saturated heterocycles. The Balaban J connectivity index is 2.60. The zero-order valence-electron chi connectivity index (χ0n) is 10.4. The highest BCUT2D eigenvalue weighted by Gasteiger charge is 2.21. The molecule has 0 aliphatic rings. The third-order valence-electron chi connectivity index (χ3n) is 2.08. The number of amides is 2. The second-order valence-electron chi connectivity index (χ2n) is 4.46. The molecule has 0 radical (unpaired) electrons. The summed E-state index contributed by atoms with van der Waals surface area (Å²) in [4.78, 5) is 22.1. The third kappa shape index (κ3) is 4.42. The van der Waals surface area contributed by atoms with E-state index >= 15 is 0 Å². The summed E-state index contributed by atoms with van der Waals surface area (Å²) < 4.78 is 5.08. The van der Waals surface area contributed by atoms with Gasteiger partial charge in [-0.1, -0.05) is 0 Å². The highest BCUT2D eigenvalue weighted by molar-refractivity contribution is 5.97. The monoisotopic (exact) mass is 251 g/mol. The van der Waals surface area contributed by atoms with E-state index in [2.05, 4.69) is 5.32 Å². The van der Waals surface area contributed by atoms with E-state index in [-0.39, 0.29) is 12.5 Å². The Labute approximate surface area is 105 Å². The molecule has 0 fully saturated rings. The summed E-state index contributed by atoms with van der Waals surface area (Å²) in [5.74, 6) is -0.329. The molecule has 1 rings (SSSR count). The van der Waals surface area contributed by atoms with Crippen LogP contribution in [0.3, 0.4) is 0 Å². The second kappa shape index (κ2) is 5.50. The number of nitrogens with one attached hydrogen (secondary N) is 1. The SMILES string of the molecule is CC(C)(N)C(=O)Nc1ccc(OCC(N)=O)cc1. The molecule has 98 valence electrons. The average molecular weight is 251 g/mol. The first-order valence-electron chi connectivity index (χ1n) is 5.40. The minimum atomic E-state index is -0.943. The van der Waals surface area contributed by atoms with Crippen LogP contribution in [0.25, 0.3) is 0 Å². The Morgan fingerprint density at radius 1 is 1.28 bits per heavy atom. The molecule has 6 heteroatoms. The molecule has 0 unspecified atom stereocenters. The fraction of sp³-hybridized carbons (Fsp3) is 0.333. The first-order valence-corrected chi connectivity index (χ1v) is 5.40. The van der Waals surface area contributed by atoms with E-state index in [9.17, 15) is 9.59 Å². The molecule has 6 nitrogen and oxygen atoms in total. The van der Waals surface area contributed by atoms with Crippen LogP contribution in [0.5, 0.6) is 5.75 Å². The van der Waals surface area contributed by atoms with Gasteiger partial charge in [0, 0.05) is 5.69 Å². The Hall–Kier alpha value is -2.08. The van der Waals surface area contributed by atoms with E-state index in [1.54, 1.807) is 38.1 Å². The molecule has 1 aromatic rings. The van der Waals surface area contributed by atoms with Gasteiger partial charge in [0.25, 0.3) is 5.91 Å². The first kappa shape index (κ1) is 14.0. The van der Waals surface area contributed by atoms with Crippen molar-refractivity contribution in [1.29, 1.82) is 0 Å². The zero-order valence-corrected chi connectivity index (χ0v) is 10.4. The molecule has 1 aromatic carbocycles. The number of rotatable bonds is 5. The van der Waals surface area contributed by atoms with Gasteiger partial charge in [0.05, 0.1) is 5.54 Å². The molecule has 0 saturated carbocycles. The zero-order chi connectivity index (χ0) is 13.8. The maximum atomic E-state index is 11.6. The van der Waals surface area contributed by atoms with Crippen LogP contribution in [0, 0.1) is 0 Å². The van der Waals surface area contributed by atoms with Gasteiger partial charge in [0.2, 0.25) is 5.91 Å². The van der Waals surface area contributed by atoms with Crippen molar-refractivity contribution < 1.29 is 14.3 Å². The highest BCUT2D eigenvalue weighted by Crippen LogP contribution is 2.16. The van der Waals surface area contributed by atoms with Crippen LogP contribution in [0.4, 0.5) is 5.69 Å². The molecule has 0 bridgehead atoms. The van der Waals surface area contributed by atoms with Gasteiger partial charge in [0.15, 0.2) is 6.61 Å². The van der Waals surface area contributed by atoms with Crippen LogP contribution in [0.2, 0.25) is 0 Å². The number of carbonyl (C=O) groups is 2. The summed E-state index contributed by atoms with van der Waals surface area (Å²) in [7, 11) is 0. The average Bonchev–Trinajstić information content (AvgIpc) is 2.26. The molecule has 0 aliphatic carbocycles. The van der Waals surface area contributed by atoms with Gasteiger partial charge in [-0.25, -0.2) is 0 Å². The number of ether oxygens (including phenoxy) is 1. The van der Waals surface area contributed by atoms with Crippen LogP contribution in [0.15, 0.2) is 24.3 Å². The van der Waals surface area contributed by atoms with Gasteiger partial charge in [0.1, 0.15) is 5.75 Å². The Bertz CT molecular complexity index is 435. The molecular weight excluding hydrogens is 234 g/mol. The van der Waals surface area contributed by atoms with Crippen LogP contribution in [-0.4, -0.2) is 24.0 Å². The van der Waals surface area contributed by atoms with Gasteiger partial charge in [-0.15, -0.1) is 0 Å². The molecule has 0 atom stereocenters. The fourth-order valence-corrected chi connectivity index (χ4v) is 1.08. The molecule has 2 amide bonds. The molecule has 0 spiro atoms. The quantitative estimate of drug-likeness (QED) is 0.696. The lowest BCUT2D eigenvalue weighted by atomic mass is 10.1. The van der Waals surface area contributed by atoms with Crippen molar-refractivity contribution in [3.63, 3.8) is 0 Å². The van der Waals surface area contributed by atoms with Crippen molar-refractivity contribution >= 4 is 17.5 Å². The normalized spacial score (nSPS) is 10.8. The molecular formula is C12H17N3O3. The summed E-state index contributed by atoms with van der Waals surface area (Å²) in [6, 6.07) is 6.56. The van der Waals surface area contributed by atoms with Crippen molar-refractivity contribution in [1.82, 2.24) is 0 Å². The molecule has 18 heavy (non-hydrogen) atoms. The van der Waals surface area contributed by atoms with Crippen molar-refractivity contribution in [3.8, 4) is 5.75 Å². The first-order chi connectivity index (χ1) is 8.29. The Morgan fingerprint density at radius 3 is 2.28 bits per heavy atom. The topological polar surface area (TPSA) is 107 Å². The summed E-state index contributed by atoms with van der Waals surface area (Å²) in [6.07, 6.45) is 0. The van der Waals surface area contributed by atoms with Gasteiger partial charge in [-0.05, 0) is 38.1 Å². The third-order valence-corrected chi connectivity index (χ3v) is 2.08. The number of nitrogens with two attached hydrogens (primary N) is 2. The van der Waals surface area contributed by atoms with Gasteiger partial charge < -0.3 is 21.5 Å².